The van der Waals surface area contributed by atoms with Gasteiger partial charge in [-0.05, 0) is 12.5 Å². The van der Waals surface area contributed by atoms with Gasteiger partial charge in [0.1, 0.15) is 11.6 Å². The molecule has 82 valence electrons. The lowest BCUT2D eigenvalue weighted by atomic mass is 10.1. The number of halogens is 1. The highest BCUT2D eigenvalue weighted by molar-refractivity contribution is 6.35. The minimum absolute atomic E-state index is 0.144. The van der Waals surface area contributed by atoms with Crippen molar-refractivity contribution in [2.24, 2.45) is 0 Å². The van der Waals surface area contributed by atoms with E-state index in [1.54, 1.807) is 6.07 Å². The summed E-state index contributed by atoms with van der Waals surface area (Å²) in [6.45, 7) is 1.37. The van der Waals surface area contributed by atoms with Crippen LogP contribution in [-0.4, -0.2) is 9.85 Å². The third-order valence-corrected chi connectivity index (χ3v) is 2.28. The van der Waals surface area contributed by atoms with Crippen LogP contribution in [0.15, 0.2) is 6.07 Å². The zero-order valence-electron chi connectivity index (χ0n) is 7.93. The summed E-state index contributed by atoms with van der Waals surface area (Å²) in [7, 11) is 0. The molecule has 8 heteroatoms. The Hall–Kier alpha value is -2.20. The van der Waals surface area contributed by atoms with Gasteiger partial charge in [-0.25, -0.2) is 0 Å². The van der Waals surface area contributed by atoms with Gasteiger partial charge >= 0.3 is 5.69 Å². The van der Waals surface area contributed by atoms with E-state index in [4.69, 9.17) is 16.9 Å². The minimum atomic E-state index is -0.902. The minimum Gasteiger partial charge on any atom is -0.258 e. The van der Waals surface area contributed by atoms with Gasteiger partial charge in [0.2, 0.25) is 0 Å². The van der Waals surface area contributed by atoms with E-state index in [9.17, 15) is 20.2 Å². The number of nitrogens with zero attached hydrogens (tertiary/aromatic N) is 3. The Bertz CT molecular complexity index is 535. The van der Waals surface area contributed by atoms with Crippen LogP contribution >= 0.6 is 11.6 Å². The van der Waals surface area contributed by atoms with Crippen molar-refractivity contribution in [3.05, 3.63) is 42.4 Å². The molecule has 0 saturated heterocycles. The van der Waals surface area contributed by atoms with Gasteiger partial charge in [-0.2, -0.15) is 5.26 Å². The molecule has 1 aromatic carbocycles. The molecular weight excluding hydrogens is 238 g/mol. The molecule has 0 atom stereocenters. The standard InChI is InChI=1S/C8H4ClN3O4/c1-4-2-6(11(13)14)7(9)8(12(15)16)5(4)3-10/h2H,1H3. The van der Waals surface area contributed by atoms with Crippen LogP contribution < -0.4 is 0 Å². The Labute approximate surface area is 94.2 Å². The van der Waals surface area contributed by atoms with Gasteiger partial charge in [-0.1, -0.05) is 11.6 Å². The lowest BCUT2D eigenvalue weighted by molar-refractivity contribution is -0.394. The highest BCUT2D eigenvalue weighted by Crippen LogP contribution is 2.37. The van der Waals surface area contributed by atoms with Crippen LogP contribution in [0.3, 0.4) is 0 Å². The number of benzene rings is 1. The van der Waals surface area contributed by atoms with Crippen LogP contribution in [0.2, 0.25) is 5.02 Å². The third kappa shape index (κ3) is 1.78. The Balaban J connectivity index is 3.74. The van der Waals surface area contributed by atoms with Crippen LogP contribution in [-0.2, 0) is 0 Å². The van der Waals surface area contributed by atoms with Crippen molar-refractivity contribution in [3.63, 3.8) is 0 Å². The fourth-order valence-electron chi connectivity index (χ4n) is 1.20. The molecule has 0 spiro atoms. The van der Waals surface area contributed by atoms with Crippen molar-refractivity contribution in [1.82, 2.24) is 0 Å². The van der Waals surface area contributed by atoms with Crippen molar-refractivity contribution in [3.8, 4) is 6.07 Å². The molecule has 0 amide bonds. The molecule has 0 N–H and O–H groups in total. The number of hydrogen-bond acceptors (Lipinski definition) is 5. The van der Waals surface area contributed by atoms with E-state index < -0.39 is 26.2 Å². The number of nitro benzene ring substituents is 2. The number of aryl methyl sites for hydroxylation is 1. The number of hydrogen-bond donors (Lipinski definition) is 0. The van der Waals surface area contributed by atoms with E-state index in [1.165, 1.54) is 6.92 Å². The van der Waals surface area contributed by atoms with E-state index in [0.717, 1.165) is 6.07 Å². The Morgan fingerprint density at radius 1 is 1.38 bits per heavy atom. The zero-order valence-corrected chi connectivity index (χ0v) is 8.69. The summed E-state index contributed by atoms with van der Waals surface area (Å²) in [6.07, 6.45) is 0. The smallest absolute Gasteiger partial charge is 0.258 e. The largest absolute Gasteiger partial charge is 0.312 e. The van der Waals surface area contributed by atoms with Gasteiger partial charge < -0.3 is 0 Å². The van der Waals surface area contributed by atoms with Gasteiger partial charge in [0, 0.05) is 6.07 Å². The fraction of sp³-hybridized carbons (Fsp3) is 0.125. The van der Waals surface area contributed by atoms with Crippen molar-refractivity contribution >= 4 is 23.0 Å². The van der Waals surface area contributed by atoms with Gasteiger partial charge in [0.05, 0.1) is 9.85 Å². The maximum absolute atomic E-state index is 10.7. The molecule has 0 aromatic heterocycles. The Morgan fingerprint density at radius 3 is 2.31 bits per heavy atom. The monoisotopic (exact) mass is 241 g/mol. The summed E-state index contributed by atoms with van der Waals surface area (Å²) < 4.78 is 0. The highest BCUT2D eigenvalue weighted by atomic mass is 35.5. The average Bonchev–Trinajstić information content (AvgIpc) is 2.19. The maximum atomic E-state index is 10.7. The Morgan fingerprint density at radius 2 is 1.94 bits per heavy atom. The summed E-state index contributed by atoms with van der Waals surface area (Å²) >= 11 is 5.52. The highest BCUT2D eigenvalue weighted by Gasteiger charge is 2.29. The summed E-state index contributed by atoms with van der Waals surface area (Å²) in [4.78, 5) is 19.5. The lowest BCUT2D eigenvalue weighted by Crippen LogP contribution is -2.00. The summed E-state index contributed by atoms with van der Waals surface area (Å²) in [5, 5.41) is 29.3. The Kier molecular flexibility index (Phi) is 3.06. The van der Waals surface area contributed by atoms with Gasteiger partial charge in [0.25, 0.3) is 5.69 Å². The van der Waals surface area contributed by atoms with Crippen LogP contribution in [0.4, 0.5) is 11.4 Å². The molecule has 0 fully saturated rings. The fourth-order valence-corrected chi connectivity index (χ4v) is 1.49. The van der Waals surface area contributed by atoms with Gasteiger partial charge in [0.15, 0.2) is 5.02 Å². The average molecular weight is 242 g/mol. The van der Waals surface area contributed by atoms with E-state index in [-0.39, 0.29) is 11.1 Å². The summed E-state index contributed by atoms with van der Waals surface area (Å²) in [6, 6.07) is 2.64. The first-order valence-corrected chi connectivity index (χ1v) is 4.30. The second kappa shape index (κ2) is 4.12. The predicted molar refractivity (Wildman–Crippen MR) is 54.2 cm³/mol. The molecule has 1 rings (SSSR count). The molecule has 16 heavy (non-hydrogen) atoms. The van der Waals surface area contributed by atoms with Crippen LogP contribution in [0.5, 0.6) is 0 Å². The quantitative estimate of drug-likeness (QED) is 0.583. The molecule has 0 bridgehead atoms. The molecule has 0 unspecified atom stereocenters. The van der Waals surface area contributed by atoms with Gasteiger partial charge in [-0.15, -0.1) is 0 Å². The molecule has 0 radical (unpaired) electrons. The number of nitro groups is 2. The second-order valence-corrected chi connectivity index (χ2v) is 3.25. The molecule has 7 nitrogen and oxygen atoms in total. The first-order valence-electron chi connectivity index (χ1n) is 3.92. The second-order valence-electron chi connectivity index (χ2n) is 2.88. The van der Waals surface area contributed by atoms with Crippen LogP contribution in [0.1, 0.15) is 11.1 Å². The molecule has 0 aliphatic rings. The molecule has 0 aliphatic carbocycles. The lowest BCUT2D eigenvalue weighted by Gasteiger charge is -2.02. The van der Waals surface area contributed by atoms with Crippen molar-refractivity contribution in [2.75, 3.05) is 0 Å². The SMILES string of the molecule is Cc1cc([N+](=O)[O-])c(Cl)c([N+](=O)[O-])c1C#N. The zero-order chi connectivity index (χ0) is 12.5. The summed E-state index contributed by atoms with van der Waals surface area (Å²) in [5.74, 6) is 0. The summed E-state index contributed by atoms with van der Waals surface area (Å²) in [5.41, 5.74) is -1.42. The molecule has 0 saturated carbocycles. The normalized spacial score (nSPS) is 9.56. The number of nitriles is 1. The first kappa shape index (κ1) is 11.9. The van der Waals surface area contributed by atoms with Crippen LogP contribution in [0.25, 0.3) is 0 Å². The molecule has 0 heterocycles. The molecule has 0 aliphatic heterocycles. The van der Waals surface area contributed by atoms with Crippen molar-refractivity contribution < 1.29 is 9.85 Å². The number of rotatable bonds is 2. The molecule has 1 aromatic rings. The third-order valence-electron chi connectivity index (χ3n) is 1.91. The molecular formula is C8H4ClN3O4. The topological polar surface area (TPSA) is 110 Å². The van der Waals surface area contributed by atoms with E-state index in [2.05, 4.69) is 0 Å². The van der Waals surface area contributed by atoms with E-state index in [1.807, 2.05) is 0 Å². The van der Waals surface area contributed by atoms with E-state index in [0.29, 0.717) is 0 Å². The maximum Gasteiger partial charge on any atom is 0.312 e. The predicted octanol–water partition coefficient (Wildman–Crippen LogP) is 2.34. The van der Waals surface area contributed by atoms with Gasteiger partial charge in [-0.3, -0.25) is 20.2 Å². The van der Waals surface area contributed by atoms with Crippen molar-refractivity contribution in [2.45, 2.75) is 6.92 Å². The first-order chi connectivity index (χ1) is 7.40. The van der Waals surface area contributed by atoms with Crippen molar-refractivity contribution in [1.29, 1.82) is 5.26 Å². The van der Waals surface area contributed by atoms with E-state index >= 15 is 0 Å². The van der Waals surface area contributed by atoms with Crippen LogP contribution in [0, 0.1) is 38.5 Å².